The zero-order chi connectivity index (χ0) is 16.5. The van der Waals surface area contributed by atoms with E-state index in [2.05, 4.69) is 60.5 Å². The smallest absolute Gasteiger partial charge is 0.150 e. The third-order valence-corrected chi connectivity index (χ3v) is 5.10. The minimum atomic E-state index is 0.743. The number of likely N-dealkylation sites (tertiary alicyclic amines) is 1. The van der Waals surface area contributed by atoms with E-state index in [1.54, 1.807) is 0 Å². The summed E-state index contributed by atoms with van der Waals surface area (Å²) in [5, 5.41) is 0. The number of carbonyl (C=O) groups excluding carboxylic acids is 1. The van der Waals surface area contributed by atoms with Crippen LogP contribution in [0.1, 0.15) is 45.5 Å². The van der Waals surface area contributed by atoms with Gasteiger partial charge in [0.05, 0.1) is 0 Å². The van der Waals surface area contributed by atoms with Crippen molar-refractivity contribution in [3.63, 3.8) is 0 Å². The molecule has 1 aliphatic heterocycles. The molecule has 0 bridgehead atoms. The van der Waals surface area contributed by atoms with Gasteiger partial charge in [0, 0.05) is 18.7 Å². The molecule has 1 fully saturated rings. The summed E-state index contributed by atoms with van der Waals surface area (Å²) in [6.07, 6.45) is 7.48. The molecule has 24 heavy (non-hydrogen) atoms. The number of rotatable bonds is 1. The van der Waals surface area contributed by atoms with E-state index in [9.17, 15) is 4.79 Å². The van der Waals surface area contributed by atoms with Gasteiger partial charge in [0.15, 0.2) is 0 Å². The largest absolute Gasteiger partial charge is 0.306 e. The third-order valence-electron chi connectivity index (χ3n) is 5.10. The molecule has 4 rings (SSSR count). The number of carbonyl (C=O) groups is 1. The van der Waals surface area contributed by atoms with Crippen molar-refractivity contribution in [1.82, 2.24) is 4.90 Å². The SMILES string of the molecule is CN1CCC(=C2c3ccccc3C=Cc3ccc(C=O)cc32)CC1. The van der Waals surface area contributed by atoms with Crippen LogP contribution in [0.3, 0.4) is 0 Å². The number of hydrogen-bond acceptors (Lipinski definition) is 2. The summed E-state index contributed by atoms with van der Waals surface area (Å²) in [7, 11) is 2.18. The Morgan fingerprint density at radius 2 is 1.62 bits per heavy atom. The highest BCUT2D eigenvalue weighted by atomic mass is 16.1. The van der Waals surface area contributed by atoms with E-state index >= 15 is 0 Å². The summed E-state index contributed by atoms with van der Waals surface area (Å²) < 4.78 is 0. The first kappa shape index (κ1) is 15.1. The highest BCUT2D eigenvalue weighted by molar-refractivity contribution is 5.96. The predicted octanol–water partition coefficient (Wildman–Crippen LogP) is 4.51. The lowest BCUT2D eigenvalue weighted by atomic mass is 9.85. The zero-order valence-electron chi connectivity index (χ0n) is 14.0. The fourth-order valence-corrected chi connectivity index (χ4v) is 3.72. The molecule has 0 spiro atoms. The standard InChI is InChI=1S/C22H21NO/c1-23-12-10-19(11-13-23)22-20-5-3-2-4-17(20)8-9-18-7-6-16(15-24)14-21(18)22/h2-9,14-15H,10-13H2,1H3. The third kappa shape index (κ3) is 2.63. The molecular formula is C22H21NO. The molecule has 2 aromatic carbocycles. The predicted molar refractivity (Wildman–Crippen MR) is 100.0 cm³/mol. The van der Waals surface area contributed by atoms with Gasteiger partial charge in [-0.3, -0.25) is 4.79 Å². The van der Waals surface area contributed by atoms with Crippen LogP contribution >= 0.6 is 0 Å². The molecule has 120 valence electrons. The maximum Gasteiger partial charge on any atom is 0.150 e. The van der Waals surface area contributed by atoms with Gasteiger partial charge in [-0.1, -0.05) is 54.1 Å². The lowest BCUT2D eigenvalue weighted by Gasteiger charge is -2.27. The van der Waals surface area contributed by atoms with Crippen LogP contribution in [0.5, 0.6) is 0 Å². The average Bonchev–Trinajstić information content (AvgIpc) is 2.79. The molecule has 0 atom stereocenters. The molecule has 0 unspecified atom stereocenters. The minimum absolute atomic E-state index is 0.743. The second-order valence-corrected chi connectivity index (χ2v) is 6.67. The first-order valence-electron chi connectivity index (χ1n) is 8.54. The Bertz CT molecular complexity index is 850. The highest BCUT2D eigenvalue weighted by Gasteiger charge is 2.21. The van der Waals surface area contributed by atoms with Crippen LogP contribution in [-0.2, 0) is 0 Å². The van der Waals surface area contributed by atoms with Crippen LogP contribution in [0.2, 0.25) is 0 Å². The Balaban J connectivity index is 1.98. The van der Waals surface area contributed by atoms with Crippen molar-refractivity contribution in [2.24, 2.45) is 0 Å². The Morgan fingerprint density at radius 3 is 2.38 bits per heavy atom. The number of hydrogen-bond donors (Lipinski definition) is 0. The van der Waals surface area contributed by atoms with Gasteiger partial charge in [0.25, 0.3) is 0 Å². The van der Waals surface area contributed by atoms with Crippen LogP contribution in [0, 0.1) is 0 Å². The van der Waals surface area contributed by atoms with E-state index < -0.39 is 0 Å². The summed E-state index contributed by atoms with van der Waals surface area (Å²) >= 11 is 0. The Labute approximate surface area is 143 Å². The molecule has 0 aromatic heterocycles. The Hall–Kier alpha value is -2.45. The molecule has 0 amide bonds. The molecule has 2 aliphatic rings. The summed E-state index contributed by atoms with van der Waals surface area (Å²) in [6, 6.07) is 14.6. The minimum Gasteiger partial charge on any atom is -0.306 e. The lowest BCUT2D eigenvalue weighted by molar-refractivity contribution is 0.112. The quantitative estimate of drug-likeness (QED) is 0.616. The molecule has 0 radical (unpaired) electrons. The van der Waals surface area contributed by atoms with Gasteiger partial charge in [-0.2, -0.15) is 0 Å². The topological polar surface area (TPSA) is 20.3 Å². The van der Waals surface area contributed by atoms with Gasteiger partial charge >= 0.3 is 0 Å². The van der Waals surface area contributed by atoms with Crippen molar-refractivity contribution in [2.75, 3.05) is 20.1 Å². The van der Waals surface area contributed by atoms with Gasteiger partial charge in [-0.15, -0.1) is 0 Å². The Morgan fingerprint density at radius 1 is 0.917 bits per heavy atom. The zero-order valence-corrected chi connectivity index (χ0v) is 14.0. The second-order valence-electron chi connectivity index (χ2n) is 6.67. The number of fused-ring (bicyclic) bond motifs is 2. The van der Waals surface area contributed by atoms with E-state index in [1.165, 1.54) is 33.4 Å². The summed E-state index contributed by atoms with van der Waals surface area (Å²) in [5.74, 6) is 0. The van der Waals surface area contributed by atoms with Crippen LogP contribution in [-0.4, -0.2) is 31.3 Å². The molecule has 1 aliphatic carbocycles. The maximum atomic E-state index is 11.3. The van der Waals surface area contributed by atoms with E-state index in [4.69, 9.17) is 0 Å². The van der Waals surface area contributed by atoms with Gasteiger partial charge < -0.3 is 4.90 Å². The Kier molecular flexibility index (Phi) is 3.91. The fourth-order valence-electron chi connectivity index (χ4n) is 3.72. The fraction of sp³-hybridized carbons (Fsp3) is 0.227. The normalized spacial score (nSPS) is 17.2. The van der Waals surface area contributed by atoms with Crippen molar-refractivity contribution in [1.29, 1.82) is 0 Å². The van der Waals surface area contributed by atoms with Crippen molar-refractivity contribution in [3.05, 3.63) is 75.9 Å². The van der Waals surface area contributed by atoms with E-state index in [1.807, 2.05) is 6.07 Å². The maximum absolute atomic E-state index is 11.3. The molecule has 1 saturated heterocycles. The van der Waals surface area contributed by atoms with Gasteiger partial charge in [-0.25, -0.2) is 0 Å². The van der Waals surface area contributed by atoms with E-state index in [0.29, 0.717) is 0 Å². The number of aldehydes is 1. The van der Waals surface area contributed by atoms with Gasteiger partial charge in [-0.05, 0) is 53.8 Å². The molecule has 0 N–H and O–H groups in total. The van der Waals surface area contributed by atoms with Gasteiger partial charge in [0.2, 0.25) is 0 Å². The first-order valence-corrected chi connectivity index (χ1v) is 8.54. The lowest BCUT2D eigenvalue weighted by Crippen LogP contribution is -2.27. The molecule has 0 saturated carbocycles. The first-order chi connectivity index (χ1) is 11.8. The van der Waals surface area contributed by atoms with Crippen molar-refractivity contribution < 1.29 is 4.79 Å². The summed E-state index contributed by atoms with van der Waals surface area (Å²) in [5.41, 5.74) is 8.51. The van der Waals surface area contributed by atoms with Crippen LogP contribution in [0.4, 0.5) is 0 Å². The van der Waals surface area contributed by atoms with Crippen LogP contribution in [0.15, 0.2) is 48.0 Å². The van der Waals surface area contributed by atoms with E-state index in [-0.39, 0.29) is 0 Å². The monoisotopic (exact) mass is 315 g/mol. The van der Waals surface area contributed by atoms with Crippen LogP contribution < -0.4 is 0 Å². The molecule has 2 aromatic rings. The molecule has 1 heterocycles. The summed E-state index contributed by atoms with van der Waals surface area (Å²) in [6.45, 7) is 2.19. The molecular weight excluding hydrogens is 294 g/mol. The molecule has 2 heteroatoms. The van der Waals surface area contributed by atoms with Crippen LogP contribution in [0.25, 0.3) is 17.7 Å². The van der Waals surface area contributed by atoms with Crippen molar-refractivity contribution >= 4 is 24.0 Å². The summed E-state index contributed by atoms with van der Waals surface area (Å²) in [4.78, 5) is 13.7. The molecule has 2 nitrogen and oxygen atoms in total. The van der Waals surface area contributed by atoms with E-state index in [0.717, 1.165) is 37.8 Å². The second kappa shape index (κ2) is 6.21. The number of nitrogens with zero attached hydrogens (tertiary/aromatic N) is 1. The number of piperidine rings is 1. The highest BCUT2D eigenvalue weighted by Crippen LogP contribution is 2.38. The van der Waals surface area contributed by atoms with Crippen molar-refractivity contribution in [2.45, 2.75) is 12.8 Å². The number of benzene rings is 2. The average molecular weight is 315 g/mol. The van der Waals surface area contributed by atoms with Crippen molar-refractivity contribution in [3.8, 4) is 0 Å². The van der Waals surface area contributed by atoms with Gasteiger partial charge in [0.1, 0.15) is 6.29 Å².